The molecule has 7 nitrogen and oxygen atoms in total. The lowest BCUT2D eigenvalue weighted by molar-refractivity contribution is 0.116. The second-order valence-electron chi connectivity index (χ2n) is 7.74. The Morgan fingerprint density at radius 2 is 2.07 bits per heavy atom. The number of hydrogen-bond acceptors (Lipinski definition) is 5. The van der Waals surface area contributed by atoms with Gasteiger partial charge in [0, 0.05) is 63.4 Å². The van der Waals surface area contributed by atoms with Crippen LogP contribution in [0.3, 0.4) is 0 Å². The van der Waals surface area contributed by atoms with E-state index < -0.39 is 0 Å². The average molecular weight is 409 g/mol. The predicted molar refractivity (Wildman–Crippen MR) is 117 cm³/mol. The summed E-state index contributed by atoms with van der Waals surface area (Å²) < 4.78 is 5.51. The molecule has 0 aliphatic carbocycles. The van der Waals surface area contributed by atoms with Crippen LogP contribution in [0.5, 0.6) is 5.75 Å². The maximum Gasteiger partial charge on any atom is 0.191 e. The summed E-state index contributed by atoms with van der Waals surface area (Å²) in [6.45, 7) is 6.05. The van der Waals surface area contributed by atoms with E-state index in [-0.39, 0.29) is 0 Å². The standard InChI is InChI=1S/C20H33ClN6O/c1-22-20(23-12-17-14-25(2)9-10-26(17)3)24-16-7-8-27(13-16)18-11-15(21)5-6-19(18)28-4/h5-6,11,16-17H,7-10,12-14H2,1-4H3,(H2,22,23,24). The summed E-state index contributed by atoms with van der Waals surface area (Å²) in [7, 11) is 7.91. The Balaban J connectivity index is 1.53. The van der Waals surface area contributed by atoms with Gasteiger partial charge in [0.15, 0.2) is 5.96 Å². The zero-order valence-electron chi connectivity index (χ0n) is 17.4. The first-order valence-corrected chi connectivity index (χ1v) is 10.3. The van der Waals surface area contributed by atoms with E-state index >= 15 is 0 Å². The molecule has 1 aromatic carbocycles. The lowest BCUT2D eigenvalue weighted by atomic mass is 10.2. The molecular weight excluding hydrogens is 376 g/mol. The molecule has 2 unspecified atom stereocenters. The van der Waals surface area contributed by atoms with Crippen LogP contribution in [0.1, 0.15) is 6.42 Å². The monoisotopic (exact) mass is 408 g/mol. The van der Waals surface area contributed by atoms with Crippen LogP contribution in [0.25, 0.3) is 0 Å². The van der Waals surface area contributed by atoms with E-state index in [9.17, 15) is 0 Å². The second-order valence-corrected chi connectivity index (χ2v) is 8.18. The highest BCUT2D eigenvalue weighted by Gasteiger charge is 2.26. The van der Waals surface area contributed by atoms with Gasteiger partial charge in [-0.1, -0.05) is 11.6 Å². The van der Waals surface area contributed by atoms with Crippen molar-refractivity contribution in [2.24, 2.45) is 4.99 Å². The molecule has 3 rings (SSSR count). The van der Waals surface area contributed by atoms with Crippen LogP contribution in [-0.2, 0) is 0 Å². The fraction of sp³-hybridized carbons (Fsp3) is 0.650. The normalized spacial score (nSPS) is 24.5. The number of nitrogens with zero attached hydrogens (tertiary/aromatic N) is 4. The van der Waals surface area contributed by atoms with Crippen LogP contribution in [0, 0.1) is 0 Å². The Morgan fingerprint density at radius 3 is 2.82 bits per heavy atom. The van der Waals surface area contributed by atoms with Gasteiger partial charge in [-0.05, 0) is 38.7 Å². The number of rotatable bonds is 5. The van der Waals surface area contributed by atoms with E-state index in [2.05, 4.69) is 44.4 Å². The van der Waals surface area contributed by atoms with Gasteiger partial charge in [0.05, 0.1) is 12.8 Å². The van der Waals surface area contributed by atoms with Gasteiger partial charge in [-0.15, -0.1) is 0 Å². The van der Waals surface area contributed by atoms with E-state index in [0.29, 0.717) is 12.1 Å². The number of guanidine groups is 1. The smallest absolute Gasteiger partial charge is 0.191 e. The first kappa shape index (κ1) is 21.0. The molecule has 28 heavy (non-hydrogen) atoms. The van der Waals surface area contributed by atoms with Crippen molar-refractivity contribution in [1.29, 1.82) is 0 Å². The van der Waals surface area contributed by atoms with Gasteiger partial charge in [0.2, 0.25) is 0 Å². The number of anilines is 1. The summed E-state index contributed by atoms with van der Waals surface area (Å²) in [6.07, 6.45) is 1.04. The minimum atomic E-state index is 0.335. The van der Waals surface area contributed by atoms with Crippen LogP contribution in [-0.4, -0.2) is 95.4 Å². The van der Waals surface area contributed by atoms with E-state index in [1.54, 1.807) is 7.11 Å². The van der Waals surface area contributed by atoms with Gasteiger partial charge in [-0.25, -0.2) is 0 Å². The summed E-state index contributed by atoms with van der Waals surface area (Å²) in [5, 5.41) is 7.81. The number of nitrogens with one attached hydrogen (secondary N) is 2. The molecule has 2 N–H and O–H groups in total. The molecule has 2 fully saturated rings. The van der Waals surface area contributed by atoms with Gasteiger partial charge in [-0.3, -0.25) is 9.89 Å². The summed E-state index contributed by atoms with van der Waals surface area (Å²) in [5.41, 5.74) is 1.05. The topological polar surface area (TPSA) is 55.4 Å². The van der Waals surface area contributed by atoms with E-state index in [1.165, 1.54) is 0 Å². The largest absolute Gasteiger partial charge is 0.495 e. The molecule has 1 aromatic rings. The van der Waals surface area contributed by atoms with Crippen LogP contribution in [0.2, 0.25) is 5.02 Å². The Hall–Kier alpha value is -1.70. The molecule has 2 saturated heterocycles. The number of benzene rings is 1. The SMILES string of the molecule is CN=C(NCC1CN(C)CCN1C)NC1CCN(c2cc(Cl)ccc2OC)C1. The summed E-state index contributed by atoms with van der Waals surface area (Å²) in [5.74, 6) is 1.73. The molecule has 0 amide bonds. The predicted octanol–water partition coefficient (Wildman–Crippen LogP) is 1.34. The first-order valence-electron chi connectivity index (χ1n) is 9.94. The van der Waals surface area contributed by atoms with Crippen molar-refractivity contribution in [3.63, 3.8) is 0 Å². The van der Waals surface area contributed by atoms with Gasteiger partial charge in [0.25, 0.3) is 0 Å². The number of ether oxygens (including phenoxy) is 1. The second kappa shape index (κ2) is 9.67. The first-order chi connectivity index (χ1) is 13.5. The fourth-order valence-electron chi connectivity index (χ4n) is 3.93. The van der Waals surface area contributed by atoms with Crippen molar-refractivity contribution in [3.05, 3.63) is 23.2 Å². The van der Waals surface area contributed by atoms with E-state index in [1.807, 2.05) is 25.2 Å². The van der Waals surface area contributed by atoms with Crippen LogP contribution in [0.15, 0.2) is 23.2 Å². The lowest BCUT2D eigenvalue weighted by Crippen LogP contribution is -2.56. The number of halogens is 1. The summed E-state index contributed by atoms with van der Waals surface area (Å²) in [6, 6.07) is 6.60. The Morgan fingerprint density at radius 1 is 1.25 bits per heavy atom. The number of aliphatic imine (C=N–C) groups is 1. The third-order valence-corrected chi connectivity index (χ3v) is 5.95. The molecular formula is C20H33ClN6O. The zero-order chi connectivity index (χ0) is 20.1. The molecule has 0 aromatic heterocycles. The molecule has 2 aliphatic rings. The number of hydrogen-bond donors (Lipinski definition) is 2. The van der Waals surface area contributed by atoms with Gasteiger partial charge in [-0.2, -0.15) is 0 Å². The van der Waals surface area contributed by atoms with Crippen molar-refractivity contribution in [3.8, 4) is 5.75 Å². The Bertz CT molecular complexity index is 685. The minimum absolute atomic E-state index is 0.335. The van der Waals surface area contributed by atoms with Crippen molar-refractivity contribution >= 4 is 23.2 Å². The minimum Gasteiger partial charge on any atom is -0.495 e. The van der Waals surface area contributed by atoms with Crippen molar-refractivity contribution in [2.75, 3.05) is 72.4 Å². The highest BCUT2D eigenvalue weighted by atomic mass is 35.5. The number of methoxy groups -OCH3 is 1. The van der Waals surface area contributed by atoms with Gasteiger partial charge >= 0.3 is 0 Å². The van der Waals surface area contributed by atoms with Crippen LogP contribution >= 0.6 is 11.6 Å². The third-order valence-electron chi connectivity index (χ3n) is 5.72. The van der Waals surface area contributed by atoms with Gasteiger partial charge < -0.3 is 25.2 Å². The maximum atomic E-state index is 6.20. The third kappa shape index (κ3) is 5.21. The van der Waals surface area contributed by atoms with E-state index in [0.717, 1.165) is 68.1 Å². The summed E-state index contributed by atoms with van der Waals surface area (Å²) in [4.78, 5) is 11.5. The van der Waals surface area contributed by atoms with E-state index in [4.69, 9.17) is 16.3 Å². The molecule has 0 spiro atoms. The Kier molecular flexibility index (Phi) is 7.26. The molecule has 0 saturated carbocycles. The van der Waals surface area contributed by atoms with Gasteiger partial charge in [0.1, 0.15) is 5.75 Å². The highest BCUT2D eigenvalue weighted by molar-refractivity contribution is 6.30. The lowest BCUT2D eigenvalue weighted by Gasteiger charge is -2.38. The molecule has 8 heteroatoms. The quantitative estimate of drug-likeness (QED) is 0.566. The van der Waals surface area contributed by atoms with Crippen molar-refractivity contribution in [2.45, 2.75) is 18.5 Å². The van der Waals surface area contributed by atoms with Crippen molar-refractivity contribution in [1.82, 2.24) is 20.4 Å². The molecule has 0 bridgehead atoms. The van der Waals surface area contributed by atoms with Crippen LogP contribution in [0.4, 0.5) is 5.69 Å². The molecule has 2 heterocycles. The highest BCUT2D eigenvalue weighted by Crippen LogP contribution is 2.33. The number of piperazine rings is 1. The molecule has 0 radical (unpaired) electrons. The Labute approximate surface area is 173 Å². The molecule has 2 aliphatic heterocycles. The molecule has 156 valence electrons. The fourth-order valence-corrected chi connectivity index (χ4v) is 4.10. The summed E-state index contributed by atoms with van der Waals surface area (Å²) >= 11 is 6.20. The maximum absolute atomic E-state index is 6.20. The van der Waals surface area contributed by atoms with Crippen LogP contribution < -0.4 is 20.3 Å². The average Bonchev–Trinajstić information content (AvgIpc) is 3.15. The van der Waals surface area contributed by atoms with Crippen molar-refractivity contribution < 1.29 is 4.74 Å². The molecule has 2 atom stereocenters. The zero-order valence-corrected chi connectivity index (χ0v) is 18.2. The number of likely N-dealkylation sites (N-methyl/N-ethyl adjacent to an activating group) is 2.